The number of benzene rings is 2. The van der Waals surface area contributed by atoms with Crippen LogP contribution in [0.1, 0.15) is 17.5 Å². The molecule has 0 saturated carbocycles. The maximum Gasteiger partial charge on any atom is 0.247 e. The van der Waals surface area contributed by atoms with Gasteiger partial charge in [0.2, 0.25) is 23.6 Å². The smallest absolute Gasteiger partial charge is 0.247 e. The first-order valence-corrected chi connectivity index (χ1v) is 14.7. The van der Waals surface area contributed by atoms with Gasteiger partial charge in [-0.1, -0.05) is 48.5 Å². The Hall–Kier alpha value is -3.09. The fourth-order valence-electron chi connectivity index (χ4n) is 7.56. The zero-order chi connectivity index (χ0) is 27.7. The van der Waals surface area contributed by atoms with Gasteiger partial charge in [-0.15, -0.1) is 0 Å². The summed E-state index contributed by atoms with van der Waals surface area (Å²) in [5.41, 5.74) is 2.42. The molecule has 5 aliphatic heterocycles. The highest BCUT2D eigenvalue weighted by Gasteiger charge is 2.67. The summed E-state index contributed by atoms with van der Waals surface area (Å²) in [6.07, 6.45) is 2.38. The molecule has 4 saturated heterocycles. The molecule has 8 rings (SSSR count). The maximum absolute atomic E-state index is 14.2. The van der Waals surface area contributed by atoms with E-state index in [1.807, 2.05) is 59.5 Å². The van der Waals surface area contributed by atoms with Crippen LogP contribution in [-0.2, 0) is 37.1 Å². The van der Waals surface area contributed by atoms with Crippen molar-refractivity contribution in [3.8, 4) is 0 Å². The highest BCUT2D eigenvalue weighted by molar-refractivity contribution is 14.1. The van der Waals surface area contributed by atoms with E-state index >= 15 is 0 Å². The van der Waals surface area contributed by atoms with Gasteiger partial charge in [-0.2, -0.15) is 5.06 Å². The average Bonchev–Trinajstić information content (AvgIpc) is 3.49. The van der Waals surface area contributed by atoms with E-state index in [2.05, 4.69) is 27.9 Å². The van der Waals surface area contributed by atoms with Gasteiger partial charge in [0.05, 0.1) is 31.0 Å². The van der Waals surface area contributed by atoms with Crippen LogP contribution < -0.4 is 5.32 Å². The van der Waals surface area contributed by atoms with Crippen LogP contribution in [0.3, 0.4) is 0 Å². The summed E-state index contributed by atoms with van der Waals surface area (Å²) >= 11 is 2.26. The predicted molar refractivity (Wildman–Crippen MR) is 152 cm³/mol. The van der Waals surface area contributed by atoms with Gasteiger partial charge in [-0.3, -0.25) is 28.9 Å². The molecule has 0 spiro atoms. The van der Waals surface area contributed by atoms with Crippen LogP contribution >= 0.6 is 22.6 Å². The van der Waals surface area contributed by atoms with Crippen LogP contribution in [0.25, 0.3) is 0 Å². The fraction of sp³-hybridized carbons (Fsp3) is 0.400. The van der Waals surface area contributed by atoms with Crippen molar-refractivity contribution in [1.82, 2.24) is 20.2 Å². The van der Waals surface area contributed by atoms with Gasteiger partial charge in [-0.25, -0.2) is 0 Å². The van der Waals surface area contributed by atoms with Crippen LogP contribution in [0.5, 0.6) is 0 Å². The average molecular weight is 652 g/mol. The van der Waals surface area contributed by atoms with Crippen LogP contribution in [0, 0.1) is 27.2 Å². The molecule has 6 aliphatic rings. The van der Waals surface area contributed by atoms with Crippen LogP contribution in [-0.4, -0.2) is 70.3 Å². The summed E-state index contributed by atoms with van der Waals surface area (Å²) in [5, 5.41) is 4.49. The molecule has 10 heteroatoms. The van der Waals surface area contributed by atoms with Gasteiger partial charge in [-0.05, 0) is 52.3 Å². The molecule has 0 radical (unpaired) electrons. The minimum atomic E-state index is -0.696. The number of likely N-dealkylation sites (tertiary alicyclic amines) is 1. The number of likely N-dealkylation sites (N-methyl/N-ethyl adjacent to an activating group) is 1. The van der Waals surface area contributed by atoms with Crippen LogP contribution in [0.4, 0.5) is 0 Å². The predicted octanol–water partition coefficient (Wildman–Crippen LogP) is 2.11. The van der Waals surface area contributed by atoms with E-state index in [0.29, 0.717) is 25.1 Å². The van der Waals surface area contributed by atoms with E-state index in [-0.39, 0.29) is 42.1 Å². The lowest BCUT2D eigenvalue weighted by atomic mass is 9.60. The SMILES string of the molecule is CNC(=O)C1=CC2C3C(=O)N(Cc4ccccc4)C(=O)C3C1C1CC3CON(Cc4ccc(I)cc4)C3C(=O)N21. The number of amides is 4. The highest BCUT2D eigenvalue weighted by Crippen LogP contribution is 2.55. The number of piperidine rings is 2. The Kier molecular flexibility index (Phi) is 6.32. The Balaban J connectivity index is 1.23. The molecule has 1 aliphatic carbocycles. The van der Waals surface area contributed by atoms with Crippen molar-refractivity contribution in [2.45, 2.75) is 37.6 Å². The van der Waals surface area contributed by atoms with Crippen molar-refractivity contribution in [3.05, 3.63) is 80.9 Å². The van der Waals surface area contributed by atoms with Gasteiger partial charge < -0.3 is 10.2 Å². The third kappa shape index (κ3) is 3.87. The summed E-state index contributed by atoms with van der Waals surface area (Å²) in [4.78, 5) is 64.2. The second-order valence-electron chi connectivity index (χ2n) is 11.3. The number of carbonyl (C=O) groups excluding carboxylic acids is 4. The molecule has 5 heterocycles. The first-order chi connectivity index (χ1) is 19.4. The Morgan fingerprint density at radius 1 is 0.925 bits per heavy atom. The fourth-order valence-corrected chi connectivity index (χ4v) is 7.92. The molecule has 9 nitrogen and oxygen atoms in total. The van der Waals surface area contributed by atoms with E-state index in [1.165, 1.54) is 4.90 Å². The molecule has 1 N–H and O–H groups in total. The van der Waals surface area contributed by atoms with Gasteiger partial charge in [0.15, 0.2) is 0 Å². The standard InChI is InChI=1S/C30H29IN4O5/c1-32-27(36)20-12-22-24-25(29(38)33(28(24)37)13-16-5-3-2-4-6-16)23(20)21-11-18-15-40-34(26(18)30(39)35(21)22)14-17-7-9-19(31)10-8-17/h2-10,12,18,21-26H,11,13-15H2,1H3,(H,32,36). The number of carbonyl (C=O) groups is 4. The second-order valence-corrected chi connectivity index (χ2v) is 12.5. The Morgan fingerprint density at radius 2 is 1.62 bits per heavy atom. The van der Waals surface area contributed by atoms with Gasteiger partial charge in [0.25, 0.3) is 0 Å². The number of hydroxylamine groups is 2. The monoisotopic (exact) mass is 652 g/mol. The lowest BCUT2D eigenvalue weighted by Gasteiger charge is -2.57. The molecule has 2 aromatic rings. The molecule has 206 valence electrons. The number of hydrogen-bond acceptors (Lipinski definition) is 6. The van der Waals surface area contributed by atoms with Gasteiger partial charge in [0, 0.05) is 40.6 Å². The first-order valence-electron chi connectivity index (χ1n) is 13.7. The zero-order valence-corrected chi connectivity index (χ0v) is 24.1. The van der Waals surface area contributed by atoms with Crippen molar-refractivity contribution < 1.29 is 24.0 Å². The van der Waals surface area contributed by atoms with Crippen molar-refractivity contribution >= 4 is 46.2 Å². The molecule has 0 aromatic heterocycles. The number of nitrogens with one attached hydrogen (secondary N) is 1. The number of rotatable bonds is 5. The van der Waals surface area contributed by atoms with E-state index in [1.54, 1.807) is 18.2 Å². The summed E-state index contributed by atoms with van der Waals surface area (Å²) in [5.74, 6) is -2.82. The normalized spacial score (nSPS) is 32.6. The van der Waals surface area contributed by atoms with Crippen molar-refractivity contribution in [1.29, 1.82) is 0 Å². The van der Waals surface area contributed by atoms with E-state index < -0.39 is 29.8 Å². The molecular weight excluding hydrogens is 623 g/mol. The number of fused-ring (bicyclic) bond motifs is 1. The molecule has 4 amide bonds. The number of imide groups is 1. The van der Waals surface area contributed by atoms with Crippen molar-refractivity contribution in [2.24, 2.45) is 23.7 Å². The molecule has 2 aromatic carbocycles. The molecule has 2 bridgehead atoms. The van der Waals surface area contributed by atoms with Crippen molar-refractivity contribution in [2.75, 3.05) is 13.7 Å². The topological polar surface area (TPSA) is 99.3 Å². The summed E-state index contributed by atoms with van der Waals surface area (Å²) in [7, 11) is 1.57. The molecule has 7 atom stereocenters. The Bertz CT molecular complexity index is 1430. The highest BCUT2D eigenvalue weighted by atomic mass is 127. The zero-order valence-electron chi connectivity index (χ0n) is 21.9. The van der Waals surface area contributed by atoms with E-state index in [9.17, 15) is 19.2 Å². The number of nitrogens with zero attached hydrogens (tertiary/aromatic N) is 3. The Morgan fingerprint density at radius 3 is 2.35 bits per heavy atom. The van der Waals surface area contributed by atoms with Gasteiger partial charge >= 0.3 is 0 Å². The van der Waals surface area contributed by atoms with Crippen molar-refractivity contribution in [3.63, 3.8) is 0 Å². The second kappa shape index (κ2) is 9.78. The summed E-state index contributed by atoms with van der Waals surface area (Å²) < 4.78 is 1.13. The lowest BCUT2D eigenvalue weighted by molar-refractivity contribution is -0.178. The third-order valence-electron chi connectivity index (χ3n) is 9.23. The minimum absolute atomic E-state index is 0.0611. The maximum atomic E-state index is 14.2. The molecule has 7 unspecified atom stereocenters. The van der Waals surface area contributed by atoms with Crippen LogP contribution in [0.15, 0.2) is 66.2 Å². The number of hydrogen-bond donors (Lipinski definition) is 1. The third-order valence-corrected chi connectivity index (χ3v) is 9.95. The van der Waals surface area contributed by atoms with E-state index in [0.717, 1.165) is 14.7 Å². The summed E-state index contributed by atoms with van der Waals surface area (Å²) in [6.45, 7) is 1.06. The summed E-state index contributed by atoms with van der Waals surface area (Å²) in [6, 6.07) is 16.1. The Labute approximate surface area is 245 Å². The lowest BCUT2D eigenvalue weighted by Crippen LogP contribution is -2.70. The number of halogens is 1. The minimum Gasteiger partial charge on any atom is -0.355 e. The first kappa shape index (κ1) is 25.8. The quantitative estimate of drug-likeness (QED) is 0.393. The molecule has 40 heavy (non-hydrogen) atoms. The van der Waals surface area contributed by atoms with E-state index in [4.69, 9.17) is 4.84 Å². The largest absolute Gasteiger partial charge is 0.355 e. The molecular formula is C30H29IN4O5. The van der Waals surface area contributed by atoms with Gasteiger partial charge in [0.1, 0.15) is 6.04 Å². The van der Waals surface area contributed by atoms with Crippen LogP contribution in [0.2, 0.25) is 0 Å². The molecule has 4 fully saturated rings.